The molecule has 200 valence electrons. The van der Waals surface area contributed by atoms with Crippen LogP contribution in [0.15, 0.2) is 85.2 Å². The van der Waals surface area contributed by atoms with Crippen molar-refractivity contribution >= 4 is 22.5 Å². The number of carbonyl (C=O) groups excluding carboxylic acids is 1. The average molecular weight is 532 g/mol. The van der Waals surface area contributed by atoms with Gasteiger partial charge in [0.15, 0.2) is 11.5 Å². The fraction of sp³-hybridized carbons (Fsp3) is 0.219. The van der Waals surface area contributed by atoms with Gasteiger partial charge < -0.3 is 19.3 Å². The summed E-state index contributed by atoms with van der Waals surface area (Å²) in [6, 6.07) is 24.3. The maximum atomic E-state index is 13.7. The molecule has 1 fully saturated rings. The smallest absolute Gasteiger partial charge is 0.274 e. The number of pyridine rings is 1. The molecule has 40 heavy (non-hydrogen) atoms. The van der Waals surface area contributed by atoms with Gasteiger partial charge in [0.25, 0.3) is 5.91 Å². The lowest BCUT2D eigenvalue weighted by atomic mass is 10.1. The number of amides is 1. The Morgan fingerprint density at radius 3 is 2.42 bits per heavy atom. The van der Waals surface area contributed by atoms with Crippen molar-refractivity contribution in [2.45, 2.75) is 6.92 Å². The summed E-state index contributed by atoms with van der Waals surface area (Å²) in [5.74, 6) is 2.06. The van der Waals surface area contributed by atoms with Gasteiger partial charge in [-0.25, -0.2) is 4.98 Å². The summed E-state index contributed by atoms with van der Waals surface area (Å²) in [5, 5.41) is 1.12. The first-order valence-corrected chi connectivity index (χ1v) is 13.6. The second-order valence-corrected chi connectivity index (χ2v) is 10.2. The number of carbonyl (C=O) groups is 1. The Hall–Kier alpha value is -4.85. The highest BCUT2D eigenvalue weighted by Crippen LogP contribution is 2.34. The fourth-order valence-corrected chi connectivity index (χ4v) is 5.33. The van der Waals surface area contributed by atoms with E-state index in [1.807, 2.05) is 70.4 Å². The van der Waals surface area contributed by atoms with Gasteiger partial charge in [0, 0.05) is 49.4 Å². The highest BCUT2D eigenvalue weighted by Gasteiger charge is 2.26. The van der Waals surface area contributed by atoms with Crippen LogP contribution in [0.3, 0.4) is 0 Å². The van der Waals surface area contributed by atoms with E-state index in [0.29, 0.717) is 43.6 Å². The van der Waals surface area contributed by atoms with Crippen LogP contribution in [0.2, 0.25) is 0 Å². The zero-order chi connectivity index (χ0) is 27.1. The van der Waals surface area contributed by atoms with E-state index in [0.717, 1.165) is 52.2 Å². The molecule has 5 aromatic rings. The second-order valence-electron chi connectivity index (χ2n) is 10.2. The minimum atomic E-state index is -0.0686. The average Bonchev–Trinajstić information content (AvgIpc) is 3.46. The number of para-hydroxylation sites is 1. The molecule has 0 radical (unpaired) electrons. The second kappa shape index (κ2) is 10.0. The summed E-state index contributed by atoms with van der Waals surface area (Å²) in [4.78, 5) is 27.4. The Morgan fingerprint density at radius 2 is 1.60 bits per heavy atom. The van der Waals surface area contributed by atoms with E-state index in [9.17, 15) is 4.79 Å². The van der Waals surface area contributed by atoms with Gasteiger partial charge in [0.05, 0.1) is 23.1 Å². The summed E-state index contributed by atoms with van der Waals surface area (Å²) in [6.45, 7) is 5.80. The SMILES string of the molecule is Cc1ccc(-c2nc(C(=O)N3CCN(c4cnc5ccccc5c4)CC3)cn2-c2ccc3c(c2)OCCO3)cc1. The summed E-state index contributed by atoms with van der Waals surface area (Å²) < 4.78 is 13.5. The molecule has 0 atom stereocenters. The Bertz CT molecular complexity index is 1700. The third-order valence-corrected chi connectivity index (χ3v) is 7.55. The third-order valence-electron chi connectivity index (χ3n) is 7.55. The fourth-order valence-electron chi connectivity index (χ4n) is 5.33. The van der Waals surface area contributed by atoms with Gasteiger partial charge in [-0.3, -0.25) is 14.3 Å². The Balaban J connectivity index is 1.15. The van der Waals surface area contributed by atoms with Crippen LogP contribution in [0.25, 0.3) is 28.0 Å². The molecule has 8 nitrogen and oxygen atoms in total. The molecule has 0 saturated carbocycles. The highest BCUT2D eigenvalue weighted by atomic mass is 16.6. The number of benzene rings is 3. The van der Waals surface area contributed by atoms with E-state index in [-0.39, 0.29) is 5.91 Å². The third kappa shape index (κ3) is 4.51. The van der Waals surface area contributed by atoms with Gasteiger partial charge in [-0.05, 0) is 31.2 Å². The van der Waals surface area contributed by atoms with Gasteiger partial charge in [-0.2, -0.15) is 0 Å². The molecule has 0 bridgehead atoms. The van der Waals surface area contributed by atoms with Crippen LogP contribution in [0.1, 0.15) is 16.1 Å². The van der Waals surface area contributed by atoms with Crippen molar-refractivity contribution in [3.63, 3.8) is 0 Å². The number of nitrogens with zero attached hydrogens (tertiary/aromatic N) is 5. The van der Waals surface area contributed by atoms with Crippen molar-refractivity contribution in [3.8, 4) is 28.6 Å². The molecule has 0 N–H and O–H groups in total. The van der Waals surface area contributed by atoms with Crippen LogP contribution in [0.4, 0.5) is 5.69 Å². The lowest BCUT2D eigenvalue weighted by Crippen LogP contribution is -2.48. The molecule has 8 heteroatoms. The van der Waals surface area contributed by atoms with Gasteiger partial charge in [-0.1, -0.05) is 48.0 Å². The van der Waals surface area contributed by atoms with Crippen LogP contribution in [-0.4, -0.2) is 64.7 Å². The van der Waals surface area contributed by atoms with Crippen molar-refractivity contribution in [3.05, 3.63) is 96.4 Å². The van der Waals surface area contributed by atoms with Gasteiger partial charge >= 0.3 is 0 Å². The molecular weight excluding hydrogens is 502 g/mol. The van der Waals surface area contributed by atoms with Crippen molar-refractivity contribution in [2.75, 3.05) is 44.3 Å². The number of hydrogen-bond donors (Lipinski definition) is 0. The molecule has 7 rings (SSSR count). The largest absolute Gasteiger partial charge is 0.486 e. The number of piperazine rings is 1. The molecule has 2 aliphatic rings. The number of hydrogen-bond acceptors (Lipinski definition) is 6. The van der Waals surface area contributed by atoms with Crippen LogP contribution >= 0.6 is 0 Å². The molecule has 3 aromatic carbocycles. The predicted molar refractivity (Wildman–Crippen MR) is 155 cm³/mol. The first-order valence-electron chi connectivity index (χ1n) is 13.6. The van der Waals surface area contributed by atoms with Crippen molar-refractivity contribution in [2.24, 2.45) is 0 Å². The van der Waals surface area contributed by atoms with Crippen LogP contribution in [0, 0.1) is 6.92 Å². The van der Waals surface area contributed by atoms with Crippen LogP contribution in [0.5, 0.6) is 11.5 Å². The number of rotatable bonds is 4. The summed E-state index contributed by atoms with van der Waals surface area (Å²) in [6.07, 6.45) is 3.76. The highest BCUT2D eigenvalue weighted by molar-refractivity contribution is 5.93. The van der Waals surface area contributed by atoms with E-state index in [2.05, 4.69) is 41.1 Å². The molecule has 0 spiro atoms. The zero-order valence-corrected chi connectivity index (χ0v) is 22.3. The standard InChI is InChI=1S/C32H29N5O3/c1-22-6-8-23(9-7-22)31-34-28(21-37(31)25-10-11-29-30(19-25)40-17-16-39-29)32(38)36-14-12-35(13-15-36)26-18-24-4-2-3-5-27(24)33-20-26/h2-11,18-21H,12-17H2,1H3. The van der Waals surface area contributed by atoms with E-state index in [1.54, 1.807) is 0 Å². The Labute approximate surface area is 232 Å². The van der Waals surface area contributed by atoms with Crippen molar-refractivity contribution in [1.29, 1.82) is 0 Å². The Morgan fingerprint density at radius 1 is 0.825 bits per heavy atom. The van der Waals surface area contributed by atoms with Crippen LogP contribution in [-0.2, 0) is 0 Å². The number of fused-ring (bicyclic) bond motifs is 2. The number of imidazole rings is 1. The van der Waals surface area contributed by atoms with E-state index in [1.165, 1.54) is 0 Å². The lowest BCUT2D eigenvalue weighted by molar-refractivity contribution is 0.0741. The molecule has 0 aliphatic carbocycles. The first-order chi connectivity index (χ1) is 19.6. The molecule has 2 aliphatic heterocycles. The number of aryl methyl sites for hydroxylation is 1. The molecule has 2 aromatic heterocycles. The maximum Gasteiger partial charge on any atom is 0.274 e. The monoisotopic (exact) mass is 531 g/mol. The minimum Gasteiger partial charge on any atom is -0.486 e. The van der Waals surface area contributed by atoms with Gasteiger partial charge in [-0.15, -0.1) is 0 Å². The number of ether oxygens (including phenoxy) is 2. The van der Waals surface area contributed by atoms with E-state index < -0.39 is 0 Å². The molecule has 4 heterocycles. The van der Waals surface area contributed by atoms with Gasteiger partial charge in [0.1, 0.15) is 24.7 Å². The number of anilines is 1. The molecular formula is C32H29N5O3. The first kappa shape index (κ1) is 24.2. The lowest BCUT2D eigenvalue weighted by Gasteiger charge is -2.35. The maximum absolute atomic E-state index is 13.7. The van der Waals surface area contributed by atoms with Crippen molar-refractivity contribution < 1.29 is 14.3 Å². The van der Waals surface area contributed by atoms with E-state index in [4.69, 9.17) is 14.5 Å². The number of aromatic nitrogens is 3. The quantitative estimate of drug-likeness (QED) is 0.320. The normalized spacial score (nSPS) is 14.9. The zero-order valence-electron chi connectivity index (χ0n) is 22.3. The van der Waals surface area contributed by atoms with Gasteiger partial charge in [0.2, 0.25) is 0 Å². The van der Waals surface area contributed by atoms with E-state index >= 15 is 0 Å². The summed E-state index contributed by atoms with van der Waals surface area (Å²) in [7, 11) is 0. The minimum absolute atomic E-state index is 0.0686. The molecule has 0 unspecified atom stereocenters. The van der Waals surface area contributed by atoms with Crippen LogP contribution < -0.4 is 14.4 Å². The predicted octanol–water partition coefficient (Wildman–Crippen LogP) is 5.13. The topological polar surface area (TPSA) is 72.7 Å². The van der Waals surface area contributed by atoms with Crippen molar-refractivity contribution in [1.82, 2.24) is 19.4 Å². The summed E-state index contributed by atoms with van der Waals surface area (Å²) >= 11 is 0. The molecule has 1 saturated heterocycles. The molecule has 1 amide bonds. The summed E-state index contributed by atoms with van der Waals surface area (Å²) in [5.41, 5.74) is 5.45. The Kier molecular flexibility index (Phi) is 6.07.